The highest BCUT2D eigenvalue weighted by molar-refractivity contribution is 9.11. The van der Waals surface area contributed by atoms with Crippen LogP contribution in [0.1, 0.15) is 25.5 Å². The molecular weight excluding hydrogens is 357 g/mol. The minimum atomic E-state index is -0.471. The summed E-state index contributed by atoms with van der Waals surface area (Å²) < 4.78 is 1.94. The van der Waals surface area contributed by atoms with Gasteiger partial charge in [0, 0.05) is 21.5 Å². The topological polar surface area (TPSA) is 32.3 Å². The van der Waals surface area contributed by atoms with Gasteiger partial charge in [-0.05, 0) is 23.8 Å². The molecule has 0 aromatic heterocycles. The van der Waals surface area contributed by atoms with Gasteiger partial charge in [0.2, 0.25) is 0 Å². The van der Waals surface area contributed by atoms with Crippen LogP contribution in [0.5, 0.6) is 0 Å². The van der Waals surface area contributed by atoms with E-state index in [-0.39, 0.29) is 12.4 Å². The summed E-state index contributed by atoms with van der Waals surface area (Å²) in [6.45, 7) is 4.69. The molecule has 1 atom stereocenters. The summed E-state index contributed by atoms with van der Waals surface area (Å²) >= 11 is 6.80. The zero-order valence-electron chi connectivity index (χ0n) is 9.21. The second kappa shape index (κ2) is 7.67. The molecule has 16 heavy (non-hydrogen) atoms. The van der Waals surface area contributed by atoms with Gasteiger partial charge in [-0.25, -0.2) is 0 Å². The Morgan fingerprint density at radius 1 is 1.19 bits per heavy atom. The molecule has 0 fully saturated rings. The first-order chi connectivity index (χ1) is 6.99. The Balaban J connectivity index is 0.00000225. The predicted molar refractivity (Wildman–Crippen MR) is 77.2 cm³/mol. The van der Waals surface area contributed by atoms with Gasteiger partial charge in [0.15, 0.2) is 0 Å². The van der Waals surface area contributed by atoms with E-state index >= 15 is 0 Å². The van der Waals surface area contributed by atoms with Crippen molar-refractivity contribution in [3.05, 3.63) is 32.7 Å². The highest BCUT2D eigenvalue weighted by Gasteiger charge is 2.09. The Labute approximate surface area is 119 Å². The average molecular weight is 374 g/mol. The van der Waals surface area contributed by atoms with Crippen LogP contribution >= 0.6 is 44.3 Å². The molecule has 0 saturated carbocycles. The van der Waals surface area contributed by atoms with Gasteiger partial charge in [0.05, 0.1) is 6.10 Å². The van der Waals surface area contributed by atoms with Gasteiger partial charge >= 0.3 is 0 Å². The van der Waals surface area contributed by atoms with Crippen LogP contribution in [0.3, 0.4) is 0 Å². The normalized spacial score (nSPS) is 12.4. The number of aliphatic hydroxyl groups is 1. The molecule has 0 bridgehead atoms. The Kier molecular flexibility index (Phi) is 7.85. The number of halogens is 3. The maximum absolute atomic E-state index is 9.91. The number of benzene rings is 1. The van der Waals surface area contributed by atoms with Crippen LogP contribution in [0.2, 0.25) is 0 Å². The summed E-state index contributed by atoms with van der Waals surface area (Å²) in [4.78, 5) is 0. The molecule has 1 rings (SSSR count). The van der Waals surface area contributed by atoms with Gasteiger partial charge < -0.3 is 10.4 Å². The SMILES string of the molecule is CC(C)NCC(O)c1cc(Br)cc(Br)c1.Cl. The molecular formula is C11H16Br2ClNO. The molecule has 0 spiro atoms. The molecule has 1 aromatic rings. The van der Waals surface area contributed by atoms with Crippen LogP contribution in [-0.2, 0) is 0 Å². The largest absolute Gasteiger partial charge is 0.387 e. The van der Waals surface area contributed by atoms with E-state index in [0.29, 0.717) is 12.6 Å². The van der Waals surface area contributed by atoms with E-state index in [1.54, 1.807) is 0 Å². The van der Waals surface area contributed by atoms with Crippen molar-refractivity contribution in [1.82, 2.24) is 5.32 Å². The van der Waals surface area contributed by atoms with Crippen LogP contribution < -0.4 is 5.32 Å². The second-order valence-electron chi connectivity index (χ2n) is 3.78. The van der Waals surface area contributed by atoms with Gasteiger partial charge in [-0.2, -0.15) is 0 Å². The molecule has 0 aliphatic heterocycles. The van der Waals surface area contributed by atoms with Gasteiger partial charge in [-0.1, -0.05) is 45.7 Å². The van der Waals surface area contributed by atoms with Crippen molar-refractivity contribution >= 4 is 44.3 Å². The monoisotopic (exact) mass is 371 g/mol. The standard InChI is InChI=1S/C11H15Br2NO.ClH/c1-7(2)14-6-11(15)8-3-9(12)5-10(13)4-8;/h3-5,7,11,14-15H,6H2,1-2H3;1H. The molecule has 1 aromatic carbocycles. The number of hydrogen-bond donors (Lipinski definition) is 2. The smallest absolute Gasteiger partial charge is 0.0915 e. The van der Waals surface area contributed by atoms with E-state index in [2.05, 4.69) is 51.0 Å². The Morgan fingerprint density at radius 2 is 1.69 bits per heavy atom. The number of aliphatic hydroxyl groups excluding tert-OH is 1. The highest BCUT2D eigenvalue weighted by Crippen LogP contribution is 2.23. The number of hydrogen-bond acceptors (Lipinski definition) is 2. The van der Waals surface area contributed by atoms with Crippen molar-refractivity contribution in [1.29, 1.82) is 0 Å². The van der Waals surface area contributed by atoms with Crippen LogP contribution in [0.25, 0.3) is 0 Å². The van der Waals surface area contributed by atoms with Crippen molar-refractivity contribution in [3.63, 3.8) is 0 Å². The van der Waals surface area contributed by atoms with Crippen LogP contribution in [0, 0.1) is 0 Å². The first-order valence-electron chi connectivity index (χ1n) is 4.86. The van der Waals surface area contributed by atoms with Crippen molar-refractivity contribution in [2.45, 2.75) is 26.0 Å². The molecule has 1 unspecified atom stereocenters. The van der Waals surface area contributed by atoms with E-state index in [4.69, 9.17) is 0 Å². The average Bonchev–Trinajstić information content (AvgIpc) is 2.12. The summed E-state index contributed by atoms with van der Waals surface area (Å²) in [6.07, 6.45) is -0.471. The number of nitrogens with one attached hydrogen (secondary N) is 1. The Morgan fingerprint density at radius 3 is 2.12 bits per heavy atom. The molecule has 0 saturated heterocycles. The summed E-state index contributed by atoms with van der Waals surface area (Å²) in [5, 5.41) is 13.1. The van der Waals surface area contributed by atoms with Crippen molar-refractivity contribution in [2.75, 3.05) is 6.54 Å². The lowest BCUT2D eigenvalue weighted by Gasteiger charge is -2.15. The fourth-order valence-corrected chi connectivity index (χ4v) is 2.56. The van der Waals surface area contributed by atoms with E-state index in [1.165, 1.54) is 0 Å². The third-order valence-electron chi connectivity index (χ3n) is 1.99. The van der Waals surface area contributed by atoms with E-state index < -0.39 is 6.10 Å². The maximum atomic E-state index is 9.91. The lowest BCUT2D eigenvalue weighted by Crippen LogP contribution is -2.27. The fraction of sp³-hybridized carbons (Fsp3) is 0.455. The van der Waals surface area contributed by atoms with Crippen LogP contribution in [-0.4, -0.2) is 17.7 Å². The molecule has 0 aliphatic carbocycles. The van der Waals surface area contributed by atoms with E-state index in [0.717, 1.165) is 14.5 Å². The first-order valence-corrected chi connectivity index (χ1v) is 6.45. The van der Waals surface area contributed by atoms with Gasteiger partial charge in [0.1, 0.15) is 0 Å². The molecule has 5 heteroatoms. The molecule has 0 aliphatic rings. The fourth-order valence-electron chi connectivity index (χ4n) is 1.23. The van der Waals surface area contributed by atoms with Gasteiger partial charge in [-0.15, -0.1) is 12.4 Å². The van der Waals surface area contributed by atoms with Gasteiger partial charge in [0.25, 0.3) is 0 Å². The lowest BCUT2D eigenvalue weighted by molar-refractivity contribution is 0.171. The Bertz CT molecular complexity index is 314. The highest BCUT2D eigenvalue weighted by atomic mass is 79.9. The third kappa shape index (κ3) is 5.64. The summed E-state index contributed by atoms with van der Waals surface area (Å²) in [5.41, 5.74) is 0.907. The quantitative estimate of drug-likeness (QED) is 0.844. The molecule has 2 N–H and O–H groups in total. The second-order valence-corrected chi connectivity index (χ2v) is 5.61. The van der Waals surface area contributed by atoms with Crippen molar-refractivity contribution in [2.24, 2.45) is 0 Å². The van der Waals surface area contributed by atoms with Crippen molar-refractivity contribution < 1.29 is 5.11 Å². The zero-order chi connectivity index (χ0) is 11.4. The van der Waals surface area contributed by atoms with Gasteiger partial charge in [-0.3, -0.25) is 0 Å². The third-order valence-corrected chi connectivity index (χ3v) is 2.90. The molecule has 92 valence electrons. The zero-order valence-corrected chi connectivity index (χ0v) is 13.2. The molecule has 0 radical (unpaired) electrons. The minimum absolute atomic E-state index is 0. The predicted octanol–water partition coefficient (Wildman–Crippen LogP) is 3.66. The van der Waals surface area contributed by atoms with Crippen LogP contribution in [0.15, 0.2) is 27.1 Å². The van der Waals surface area contributed by atoms with Crippen LogP contribution in [0.4, 0.5) is 0 Å². The maximum Gasteiger partial charge on any atom is 0.0915 e. The summed E-state index contributed by atoms with van der Waals surface area (Å²) in [7, 11) is 0. The van der Waals surface area contributed by atoms with E-state index in [1.807, 2.05) is 18.2 Å². The molecule has 0 heterocycles. The summed E-state index contributed by atoms with van der Waals surface area (Å²) in [6, 6.07) is 6.19. The minimum Gasteiger partial charge on any atom is -0.387 e. The van der Waals surface area contributed by atoms with E-state index in [9.17, 15) is 5.11 Å². The van der Waals surface area contributed by atoms with Crippen molar-refractivity contribution in [3.8, 4) is 0 Å². The molecule has 2 nitrogen and oxygen atoms in total. The molecule has 0 amide bonds. The first kappa shape index (κ1) is 16.4. The summed E-state index contributed by atoms with van der Waals surface area (Å²) in [5.74, 6) is 0. The lowest BCUT2D eigenvalue weighted by atomic mass is 10.1. The number of rotatable bonds is 4. The Hall–Kier alpha value is 0.390.